The van der Waals surface area contributed by atoms with Crippen molar-refractivity contribution in [1.82, 2.24) is 15.1 Å². The van der Waals surface area contributed by atoms with E-state index in [0.717, 1.165) is 31.6 Å². The van der Waals surface area contributed by atoms with Crippen molar-refractivity contribution in [3.63, 3.8) is 0 Å². The molecule has 0 aromatic carbocycles. The van der Waals surface area contributed by atoms with E-state index in [1.165, 1.54) is 0 Å². The zero-order valence-electron chi connectivity index (χ0n) is 9.79. The highest BCUT2D eigenvalue weighted by Crippen LogP contribution is 2.20. The summed E-state index contributed by atoms with van der Waals surface area (Å²) in [6.07, 6.45) is 4.81. The van der Waals surface area contributed by atoms with Gasteiger partial charge in [-0.2, -0.15) is 5.10 Å². The predicted molar refractivity (Wildman–Crippen MR) is 62.1 cm³/mol. The smallest absolute Gasteiger partial charge is 0.245 e. The Balaban J connectivity index is 2.05. The summed E-state index contributed by atoms with van der Waals surface area (Å²) in [7, 11) is 1.81. The minimum absolute atomic E-state index is 0.0239. The molecular weight excluding hydrogens is 204 g/mol. The number of anilines is 1. The summed E-state index contributed by atoms with van der Waals surface area (Å²) in [5, 5.41) is 10.2. The molecule has 88 valence electrons. The number of rotatable bonds is 2. The Morgan fingerprint density at radius 3 is 3.00 bits per heavy atom. The van der Waals surface area contributed by atoms with Gasteiger partial charge in [0.15, 0.2) is 0 Å². The van der Waals surface area contributed by atoms with Gasteiger partial charge in [-0.25, -0.2) is 0 Å². The number of carbonyl (C=O) groups is 1. The van der Waals surface area contributed by atoms with Gasteiger partial charge in [0.05, 0.1) is 11.7 Å². The molecule has 2 rings (SSSR count). The number of hydrogen-bond donors (Lipinski definition) is 2. The van der Waals surface area contributed by atoms with Crippen LogP contribution in [0.1, 0.15) is 26.2 Å². The van der Waals surface area contributed by atoms with E-state index >= 15 is 0 Å². The third-order valence-electron chi connectivity index (χ3n) is 3.18. The minimum Gasteiger partial charge on any atom is -0.309 e. The van der Waals surface area contributed by atoms with Crippen LogP contribution in [-0.2, 0) is 11.8 Å². The van der Waals surface area contributed by atoms with E-state index in [9.17, 15) is 4.79 Å². The maximum absolute atomic E-state index is 12.1. The Bertz CT molecular complexity index is 379. The second-order valence-corrected chi connectivity index (χ2v) is 4.51. The Labute approximate surface area is 95.2 Å². The van der Waals surface area contributed by atoms with Gasteiger partial charge in [-0.05, 0) is 32.7 Å². The number of carbonyl (C=O) groups excluding carboxylic acids is 1. The molecule has 2 N–H and O–H groups in total. The monoisotopic (exact) mass is 222 g/mol. The van der Waals surface area contributed by atoms with Crippen LogP contribution in [0.25, 0.3) is 0 Å². The van der Waals surface area contributed by atoms with Gasteiger partial charge in [-0.15, -0.1) is 0 Å². The number of nitrogens with zero attached hydrogens (tertiary/aromatic N) is 2. The molecule has 2 heterocycles. The van der Waals surface area contributed by atoms with Gasteiger partial charge in [0, 0.05) is 13.1 Å². The summed E-state index contributed by atoms with van der Waals surface area (Å²) in [4.78, 5) is 12.1. The van der Waals surface area contributed by atoms with Gasteiger partial charge >= 0.3 is 0 Å². The lowest BCUT2D eigenvalue weighted by atomic mass is 9.90. The van der Waals surface area contributed by atoms with Crippen molar-refractivity contribution in [3.05, 3.63) is 12.3 Å². The first kappa shape index (κ1) is 11.1. The van der Waals surface area contributed by atoms with Crippen LogP contribution in [0.5, 0.6) is 0 Å². The highest BCUT2D eigenvalue weighted by molar-refractivity contribution is 5.97. The van der Waals surface area contributed by atoms with Crippen molar-refractivity contribution >= 4 is 11.7 Å². The summed E-state index contributed by atoms with van der Waals surface area (Å²) < 4.78 is 1.66. The molecule has 1 saturated heterocycles. The second-order valence-electron chi connectivity index (χ2n) is 4.51. The first-order chi connectivity index (χ1) is 7.62. The molecule has 0 radical (unpaired) electrons. The Morgan fingerprint density at radius 1 is 1.62 bits per heavy atom. The van der Waals surface area contributed by atoms with E-state index < -0.39 is 5.54 Å². The van der Waals surface area contributed by atoms with Crippen molar-refractivity contribution in [2.45, 2.75) is 31.7 Å². The fourth-order valence-electron chi connectivity index (χ4n) is 2.00. The number of nitrogens with one attached hydrogen (secondary N) is 2. The fraction of sp³-hybridized carbons (Fsp3) is 0.636. The van der Waals surface area contributed by atoms with Crippen LogP contribution in [0.15, 0.2) is 12.3 Å². The Morgan fingerprint density at radius 2 is 2.44 bits per heavy atom. The highest BCUT2D eigenvalue weighted by atomic mass is 16.2. The van der Waals surface area contributed by atoms with Crippen LogP contribution in [0.3, 0.4) is 0 Å². The molecule has 0 aliphatic carbocycles. The molecule has 5 heteroatoms. The summed E-state index contributed by atoms with van der Waals surface area (Å²) >= 11 is 0. The average molecular weight is 222 g/mol. The molecular formula is C11H18N4O. The van der Waals surface area contributed by atoms with Crippen LogP contribution in [0.4, 0.5) is 5.82 Å². The van der Waals surface area contributed by atoms with E-state index in [0.29, 0.717) is 0 Å². The van der Waals surface area contributed by atoms with Crippen molar-refractivity contribution in [2.75, 3.05) is 11.9 Å². The van der Waals surface area contributed by atoms with Crippen molar-refractivity contribution in [3.8, 4) is 0 Å². The predicted octanol–water partition coefficient (Wildman–Crippen LogP) is 0.891. The number of aromatic nitrogens is 2. The first-order valence-corrected chi connectivity index (χ1v) is 5.66. The van der Waals surface area contributed by atoms with Crippen molar-refractivity contribution in [2.24, 2.45) is 7.05 Å². The molecule has 16 heavy (non-hydrogen) atoms. The van der Waals surface area contributed by atoms with Crippen LogP contribution in [0.2, 0.25) is 0 Å². The lowest BCUT2D eigenvalue weighted by Gasteiger charge is -2.33. The molecule has 5 nitrogen and oxygen atoms in total. The highest BCUT2D eigenvalue weighted by Gasteiger charge is 2.34. The van der Waals surface area contributed by atoms with Crippen LogP contribution in [-0.4, -0.2) is 27.8 Å². The number of hydrogen-bond acceptors (Lipinski definition) is 3. The van der Waals surface area contributed by atoms with Gasteiger partial charge in [0.25, 0.3) is 0 Å². The van der Waals surface area contributed by atoms with Gasteiger partial charge in [-0.3, -0.25) is 9.48 Å². The van der Waals surface area contributed by atoms with E-state index in [4.69, 9.17) is 0 Å². The van der Waals surface area contributed by atoms with E-state index in [2.05, 4.69) is 15.7 Å². The maximum atomic E-state index is 12.1. The lowest BCUT2D eigenvalue weighted by molar-refractivity contribution is -0.122. The Kier molecular flexibility index (Phi) is 2.96. The molecule has 1 unspecified atom stereocenters. The van der Waals surface area contributed by atoms with E-state index in [1.54, 1.807) is 16.9 Å². The molecule has 0 spiro atoms. The van der Waals surface area contributed by atoms with Gasteiger partial charge < -0.3 is 10.6 Å². The lowest BCUT2D eigenvalue weighted by Crippen LogP contribution is -2.54. The minimum atomic E-state index is -0.442. The Hall–Kier alpha value is -1.36. The largest absolute Gasteiger partial charge is 0.309 e. The third kappa shape index (κ3) is 2.09. The molecule has 1 aliphatic heterocycles. The number of aryl methyl sites for hydroxylation is 1. The molecule has 0 saturated carbocycles. The molecule has 1 amide bonds. The summed E-state index contributed by atoms with van der Waals surface area (Å²) in [6, 6.07) is 1.80. The second kappa shape index (κ2) is 4.25. The van der Waals surface area contributed by atoms with Crippen molar-refractivity contribution < 1.29 is 4.79 Å². The molecule has 1 aromatic heterocycles. The average Bonchev–Trinajstić information content (AvgIpc) is 2.65. The zero-order chi connectivity index (χ0) is 11.6. The maximum Gasteiger partial charge on any atom is 0.245 e. The third-order valence-corrected chi connectivity index (χ3v) is 3.18. The van der Waals surface area contributed by atoms with Gasteiger partial charge in [-0.1, -0.05) is 0 Å². The molecule has 1 atom stereocenters. The molecule has 1 aromatic rings. The van der Waals surface area contributed by atoms with Crippen LogP contribution in [0, 0.1) is 0 Å². The molecule has 1 aliphatic rings. The zero-order valence-corrected chi connectivity index (χ0v) is 9.79. The van der Waals surface area contributed by atoms with Gasteiger partial charge in [0.1, 0.15) is 5.82 Å². The normalized spacial score (nSPS) is 25.4. The summed E-state index contributed by atoms with van der Waals surface area (Å²) in [5.41, 5.74) is -0.442. The number of amides is 1. The first-order valence-electron chi connectivity index (χ1n) is 5.66. The van der Waals surface area contributed by atoms with E-state index in [-0.39, 0.29) is 5.91 Å². The summed E-state index contributed by atoms with van der Waals surface area (Å²) in [5.74, 6) is 0.759. The molecule has 0 bridgehead atoms. The fourth-order valence-corrected chi connectivity index (χ4v) is 2.00. The quantitative estimate of drug-likeness (QED) is 0.781. The van der Waals surface area contributed by atoms with Crippen molar-refractivity contribution in [1.29, 1.82) is 0 Å². The van der Waals surface area contributed by atoms with E-state index in [1.807, 2.05) is 14.0 Å². The standard InChI is InChI=1S/C11H18N4O/c1-11(6-3-4-7-12-11)10(16)14-9-5-8-13-15(9)2/h5,8,12H,3-4,6-7H2,1-2H3,(H,14,16). The SMILES string of the molecule is Cn1nccc1NC(=O)C1(C)CCCCN1. The van der Waals surface area contributed by atoms with Gasteiger partial charge in [0.2, 0.25) is 5.91 Å². The van der Waals surface area contributed by atoms with Crippen LogP contribution < -0.4 is 10.6 Å². The van der Waals surface area contributed by atoms with Crippen LogP contribution >= 0.6 is 0 Å². The molecule has 1 fully saturated rings. The summed E-state index contributed by atoms with van der Waals surface area (Å²) in [6.45, 7) is 2.87. The topological polar surface area (TPSA) is 59.0 Å². The number of piperidine rings is 1.